The molecule has 0 amide bonds. The van der Waals surface area contributed by atoms with E-state index in [1.165, 1.54) is 0 Å². The molecule has 26 heavy (non-hydrogen) atoms. The van der Waals surface area contributed by atoms with Crippen molar-refractivity contribution in [1.29, 1.82) is 0 Å². The Morgan fingerprint density at radius 1 is 1.15 bits per heavy atom. The average molecular weight is 368 g/mol. The number of hydrogen-bond donors (Lipinski definition) is 2. The van der Waals surface area contributed by atoms with E-state index in [4.69, 9.17) is 16.3 Å². The van der Waals surface area contributed by atoms with Gasteiger partial charge in [-0.3, -0.25) is 0 Å². The van der Waals surface area contributed by atoms with E-state index >= 15 is 0 Å². The summed E-state index contributed by atoms with van der Waals surface area (Å²) < 4.78 is 6.69. The highest BCUT2D eigenvalue weighted by molar-refractivity contribution is 6.33. The zero-order valence-corrected chi connectivity index (χ0v) is 14.5. The Labute approximate surface area is 153 Å². The van der Waals surface area contributed by atoms with E-state index in [0.29, 0.717) is 22.5 Å². The molecule has 1 aromatic carbocycles. The van der Waals surface area contributed by atoms with E-state index in [0.717, 1.165) is 16.8 Å². The molecule has 0 fully saturated rings. The number of halogens is 1. The summed E-state index contributed by atoms with van der Waals surface area (Å²) in [6, 6.07) is 12.1. The highest BCUT2D eigenvalue weighted by atomic mass is 35.5. The second-order valence-electron chi connectivity index (χ2n) is 5.53. The van der Waals surface area contributed by atoms with Gasteiger partial charge in [0, 0.05) is 28.4 Å². The summed E-state index contributed by atoms with van der Waals surface area (Å²) in [4.78, 5) is 8.56. The minimum atomic E-state index is 0.150. The molecule has 0 aliphatic rings. The standard InChI is InChI=1S/C18H14ClN5O2/c1-26-17-7-3-12(9-20-17)21-18-22-16-6-2-11(10-24(16)23-18)14-8-13(25)4-5-15(14)19/h2-10,25H,1H3,(H,21,23). The molecule has 0 saturated heterocycles. The van der Waals surface area contributed by atoms with Crippen LogP contribution in [-0.4, -0.2) is 31.8 Å². The zero-order valence-electron chi connectivity index (χ0n) is 13.7. The summed E-state index contributed by atoms with van der Waals surface area (Å²) >= 11 is 6.23. The van der Waals surface area contributed by atoms with Gasteiger partial charge in [-0.2, -0.15) is 4.98 Å². The summed E-state index contributed by atoms with van der Waals surface area (Å²) in [5, 5.41) is 17.8. The number of benzene rings is 1. The maximum Gasteiger partial charge on any atom is 0.247 e. The van der Waals surface area contributed by atoms with Crippen molar-refractivity contribution in [2.75, 3.05) is 12.4 Å². The fraction of sp³-hybridized carbons (Fsp3) is 0.0556. The maximum absolute atomic E-state index is 9.70. The quantitative estimate of drug-likeness (QED) is 0.569. The average Bonchev–Trinajstić information content (AvgIpc) is 3.05. The van der Waals surface area contributed by atoms with E-state index in [2.05, 4.69) is 20.4 Å². The van der Waals surface area contributed by atoms with Gasteiger partial charge in [-0.1, -0.05) is 11.6 Å². The molecule has 3 heterocycles. The van der Waals surface area contributed by atoms with E-state index in [1.807, 2.05) is 18.2 Å². The van der Waals surface area contributed by atoms with Gasteiger partial charge in [0.15, 0.2) is 5.65 Å². The Hall–Kier alpha value is -3.32. The number of aromatic hydroxyl groups is 1. The number of rotatable bonds is 4. The summed E-state index contributed by atoms with van der Waals surface area (Å²) in [6.07, 6.45) is 3.45. The van der Waals surface area contributed by atoms with Gasteiger partial charge in [-0.15, -0.1) is 5.10 Å². The molecule has 8 heteroatoms. The molecule has 0 aliphatic carbocycles. The Bertz CT molecular complexity index is 1080. The van der Waals surface area contributed by atoms with Gasteiger partial charge >= 0.3 is 0 Å². The second-order valence-corrected chi connectivity index (χ2v) is 5.94. The molecule has 0 radical (unpaired) electrons. The van der Waals surface area contributed by atoms with Crippen LogP contribution < -0.4 is 10.1 Å². The molecule has 0 unspecified atom stereocenters. The number of phenolic OH excluding ortho intramolecular Hbond substituents is 1. The van der Waals surface area contributed by atoms with Gasteiger partial charge in [-0.25, -0.2) is 9.50 Å². The number of hydrogen-bond acceptors (Lipinski definition) is 6. The first-order chi connectivity index (χ1) is 12.6. The first-order valence-electron chi connectivity index (χ1n) is 7.75. The van der Waals surface area contributed by atoms with E-state index < -0.39 is 0 Å². The van der Waals surface area contributed by atoms with Crippen LogP contribution in [0.4, 0.5) is 11.6 Å². The Balaban J connectivity index is 1.66. The molecular weight excluding hydrogens is 354 g/mol. The van der Waals surface area contributed by atoms with Crippen LogP contribution in [0.3, 0.4) is 0 Å². The molecular formula is C18H14ClN5O2. The van der Waals surface area contributed by atoms with Gasteiger partial charge in [0.1, 0.15) is 5.75 Å². The van der Waals surface area contributed by atoms with Crippen molar-refractivity contribution >= 4 is 28.9 Å². The molecule has 0 spiro atoms. The third-order valence-corrected chi connectivity index (χ3v) is 4.12. The van der Waals surface area contributed by atoms with Crippen LogP contribution in [0.15, 0.2) is 54.9 Å². The van der Waals surface area contributed by atoms with Crippen molar-refractivity contribution in [3.05, 3.63) is 59.9 Å². The Kier molecular flexibility index (Phi) is 4.06. The third-order valence-electron chi connectivity index (χ3n) is 3.79. The predicted molar refractivity (Wildman–Crippen MR) is 99.2 cm³/mol. The van der Waals surface area contributed by atoms with E-state index in [-0.39, 0.29) is 5.75 Å². The number of phenols is 1. The van der Waals surface area contributed by atoms with Crippen LogP contribution >= 0.6 is 11.6 Å². The lowest BCUT2D eigenvalue weighted by atomic mass is 10.1. The molecule has 7 nitrogen and oxygen atoms in total. The second kappa shape index (κ2) is 6.53. The summed E-state index contributed by atoms with van der Waals surface area (Å²) in [7, 11) is 1.56. The van der Waals surface area contributed by atoms with Gasteiger partial charge in [0.2, 0.25) is 11.8 Å². The van der Waals surface area contributed by atoms with Gasteiger partial charge < -0.3 is 15.2 Å². The number of fused-ring (bicyclic) bond motifs is 1. The summed E-state index contributed by atoms with van der Waals surface area (Å²) in [5.74, 6) is 1.12. The summed E-state index contributed by atoms with van der Waals surface area (Å²) in [6.45, 7) is 0. The normalized spacial score (nSPS) is 10.8. The highest BCUT2D eigenvalue weighted by Gasteiger charge is 2.09. The molecule has 130 valence electrons. The van der Waals surface area contributed by atoms with Crippen molar-refractivity contribution in [2.24, 2.45) is 0 Å². The number of methoxy groups -OCH3 is 1. The van der Waals surface area contributed by atoms with Crippen LogP contribution in [0, 0.1) is 0 Å². The highest BCUT2D eigenvalue weighted by Crippen LogP contribution is 2.31. The van der Waals surface area contributed by atoms with Gasteiger partial charge in [-0.05, 0) is 36.4 Å². The van der Waals surface area contributed by atoms with Gasteiger partial charge in [0.05, 0.1) is 19.0 Å². The fourth-order valence-electron chi connectivity index (χ4n) is 2.53. The lowest BCUT2D eigenvalue weighted by molar-refractivity contribution is 0.398. The maximum atomic E-state index is 9.70. The van der Waals surface area contributed by atoms with E-state index in [9.17, 15) is 5.11 Å². The molecule has 4 aromatic rings. The molecule has 4 rings (SSSR count). The van der Waals surface area contributed by atoms with Crippen LogP contribution in [0.5, 0.6) is 11.6 Å². The monoisotopic (exact) mass is 367 g/mol. The van der Waals surface area contributed by atoms with Crippen LogP contribution in [-0.2, 0) is 0 Å². The zero-order chi connectivity index (χ0) is 18.1. The van der Waals surface area contributed by atoms with Crippen molar-refractivity contribution in [1.82, 2.24) is 19.6 Å². The molecule has 0 bridgehead atoms. The van der Waals surface area contributed by atoms with Crippen LogP contribution in [0.1, 0.15) is 0 Å². The largest absolute Gasteiger partial charge is 0.508 e. The number of aromatic nitrogens is 4. The Morgan fingerprint density at radius 2 is 2.04 bits per heavy atom. The molecule has 0 saturated carbocycles. The van der Waals surface area contributed by atoms with Crippen molar-refractivity contribution < 1.29 is 9.84 Å². The Morgan fingerprint density at radius 3 is 2.81 bits per heavy atom. The topological polar surface area (TPSA) is 84.6 Å². The first kappa shape index (κ1) is 16.2. The number of nitrogens with one attached hydrogen (secondary N) is 1. The predicted octanol–water partition coefficient (Wildman–Crippen LogP) is 3.90. The molecule has 0 atom stereocenters. The molecule has 2 N–H and O–H groups in total. The minimum Gasteiger partial charge on any atom is -0.508 e. The van der Waals surface area contributed by atoms with Crippen LogP contribution in [0.2, 0.25) is 5.02 Å². The number of anilines is 2. The fourth-order valence-corrected chi connectivity index (χ4v) is 2.76. The lowest BCUT2D eigenvalue weighted by Gasteiger charge is -2.05. The van der Waals surface area contributed by atoms with Gasteiger partial charge in [0.25, 0.3) is 0 Å². The number of pyridine rings is 2. The SMILES string of the molecule is COc1ccc(Nc2nc3ccc(-c4cc(O)ccc4Cl)cn3n2)cn1. The van der Waals surface area contributed by atoms with Crippen molar-refractivity contribution in [3.8, 4) is 22.8 Å². The number of nitrogens with zero attached hydrogens (tertiary/aromatic N) is 4. The minimum absolute atomic E-state index is 0.150. The number of ether oxygens (including phenoxy) is 1. The van der Waals surface area contributed by atoms with Crippen molar-refractivity contribution in [3.63, 3.8) is 0 Å². The molecule has 3 aromatic heterocycles. The first-order valence-corrected chi connectivity index (χ1v) is 8.12. The summed E-state index contributed by atoms with van der Waals surface area (Å²) in [5.41, 5.74) is 2.96. The smallest absolute Gasteiger partial charge is 0.247 e. The third kappa shape index (κ3) is 3.12. The van der Waals surface area contributed by atoms with Crippen molar-refractivity contribution in [2.45, 2.75) is 0 Å². The molecule has 0 aliphatic heterocycles. The lowest BCUT2D eigenvalue weighted by Crippen LogP contribution is -1.95. The van der Waals surface area contributed by atoms with Crippen LogP contribution in [0.25, 0.3) is 16.8 Å². The van der Waals surface area contributed by atoms with E-state index in [1.54, 1.807) is 48.3 Å².